The van der Waals surface area contributed by atoms with Gasteiger partial charge in [0.15, 0.2) is 5.16 Å². The molecular weight excluding hydrogens is 1030 g/mol. The highest BCUT2D eigenvalue weighted by molar-refractivity contribution is 7.99. The van der Waals surface area contributed by atoms with Gasteiger partial charge in [0.2, 0.25) is 22.2 Å². The van der Waals surface area contributed by atoms with Crippen LogP contribution in [0.25, 0.3) is 20.4 Å². The van der Waals surface area contributed by atoms with Crippen LogP contribution in [0.2, 0.25) is 0 Å². The molecule has 3 aromatic heterocycles. The second-order valence-electron chi connectivity index (χ2n) is 14.8. The first-order valence-electron chi connectivity index (χ1n) is 21.7. The smallest absolute Gasteiger partial charge is 0.298 e. The molecule has 3 heterocycles. The lowest BCUT2D eigenvalue weighted by molar-refractivity contribution is 0.322. The molecular formula is C43H49N13O11S5. The molecule has 0 aliphatic heterocycles. The number of fused-ring (bicyclic) bond motifs is 2. The number of nitrogens with zero attached hydrogens (tertiary/aromatic N) is 11. The van der Waals surface area contributed by atoms with Gasteiger partial charge in [-0.2, -0.15) is 31.8 Å². The lowest BCUT2D eigenvalue weighted by Gasteiger charge is -2.25. The number of aromatic nitrogens is 5. The Morgan fingerprint density at radius 2 is 0.972 bits per heavy atom. The molecule has 24 nitrogen and oxygen atoms in total. The fourth-order valence-corrected chi connectivity index (χ4v) is 10.7. The minimum absolute atomic E-state index is 0.0627. The van der Waals surface area contributed by atoms with E-state index in [2.05, 4.69) is 60.8 Å². The Morgan fingerprint density at radius 3 is 1.32 bits per heavy atom. The minimum Gasteiger partial charge on any atom is -0.495 e. The number of aliphatic hydroxyl groups is 1. The molecule has 0 unspecified atom stereocenters. The molecule has 0 saturated carbocycles. The summed E-state index contributed by atoms with van der Waals surface area (Å²) in [4.78, 5) is 26.3. The van der Waals surface area contributed by atoms with Gasteiger partial charge in [-0.05, 0) is 52.0 Å². The molecule has 72 heavy (non-hydrogen) atoms. The van der Waals surface area contributed by atoms with Crippen LogP contribution in [0.15, 0.2) is 83.9 Å². The summed E-state index contributed by atoms with van der Waals surface area (Å²) in [5.41, 5.74) is 3.28. The standard InChI is InChI=1S/C43H49N13O11S5/c1-9-55(10-2)29-15-23(25(17-31(29)64-5)51-53-42-46-27-19-37(71(58,59)60)33(66-7)21-35(27)69-42)44-39-48-40(50-41(49-39)68-14-13-57)45-24-16-30(56(11-3)12-4)32(65-6)18-26(24)52-54-43-47-28-20-38(72(61,62)63)34(67-8)22-36(28)70-43/h15-22,57H,9-14H2,1-8H3,(H,58,59,60)(H,61,62,63)(H2,44,45,48,49,50). The molecule has 0 amide bonds. The summed E-state index contributed by atoms with van der Waals surface area (Å²) in [6, 6.07) is 12.3. The molecule has 382 valence electrons. The first-order chi connectivity index (χ1) is 34.5. The number of azo groups is 2. The van der Waals surface area contributed by atoms with E-state index in [-0.39, 0.29) is 73.6 Å². The monoisotopic (exact) mass is 1080 g/mol. The molecule has 7 aromatic rings. The average molecular weight is 1080 g/mol. The van der Waals surface area contributed by atoms with Crippen molar-refractivity contribution in [3.63, 3.8) is 0 Å². The van der Waals surface area contributed by atoms with Crippen molar-refractivity contribution in [1.29, 1.82) is 0 Å². The van der Waals surface area contributed by atoms with Crippen molar-refractivity contribution in [3.05, 3.63) is 48.5 Å². The number of thioether (sulfide) groups is 1. The molecule has 29 heteroatoms. The van der Waals surface area contributed by atoms with Crippen LogP contribution in [0.5, 0.6) is 23.0 Å². The van der Waals surface area contributed by atoms with E-state index in [0.29, 0.717) is 58.5 Å². The van der Waals surface area contributed by atoms with Crippen molar-refractivity contribution in [2.24, 2.45) is 20.5 Å². The number of methoxy groups -OCH3 is 4. The van der Waals surface area contributed by atoms with E-state index in [0.717, 1.165) is 34.0 Å². The zero-order valence-electron chi connectivity index (χ0n) is 39.9. The van der Waals surface area contributed by atoms with Gasteiger partial charge in [-0.3, -0.25) is 9.11 Å². The minimum atomic E-state index is -4.63. The van der Waals surface area contributed by atoms with Crippen molar-refractivity contribution in [1.82, 2.24) is 24.9 Å². The number of benzene rings is 4. The van der Waals surface area contributed by atoms with E-state index >= 15 is 0 Å². The maximum atomic E-state index is 12.1. The number of rotatable bonds is 23. The predicted molar refractivity (Wildman–Crippen MR) is 278 cm³/mol. The van der Waals surface area contributed by atoms with Crippen LogP contribution in [0, 0.1) is 0 Å². The molecule has 0 atom stereocenters. The molecule has 0 bridgehead atoms. The normalized spacial score (nSPS) is 12.0. The molecule has 7 rings (SSSR count). The zero-order valence-corrected chi connectivity index (χ0v) is 44.0. The number of hydrogen-bond acceptors (Lipinski definition) is 25. The Kier molecular flexibility index (Phi) is 16.9. The van der Waals surface area contributed by atoms with E-state index < -0.39 is 30.0 Å². The molecule has 0 saturated heterocycles. The number of aliphatic hydroxyl groups excluding tert-OH is 1. The van der Waals surface area contributed by atoms with Gasteiger partial charge in [-0.1, -0.05) is 34.4 Å². The molecule has 0 radical (unpaired) electrons. The number of nitrogens with one attached hydrogen (secondary N) is 2. The number of ether oxygens (including phenoxy) is 4. The number of thiazole rings is 2. The van der Waals surface area contributed by atoms with Crippen molar-refractivity contribution < 1.29 is 50.0 Å². The largest absolute Gasteiger partial charge is 0.495 e. The summed E-state index contributed by atoms with van der Waals surface area (Å²) >= 11 is 3.41. The van der Waals surface area contributed by atoms with E-state index in [4.69, 9.17) is 23.9 Å². The fraction of sp³-hybridized carbons (Fsp3) is 0.326. The Labute approximate surface area is 426 Å². The van der Waals surface area contributed by atoms with Crippen molar-refractivity contribution >= 4 is 131 Å². The van der Waals surface area contributed by atoms with Gasteiger partial charge in [0.25, 0.3) is 20.2 Å². The van der Waals surface area contributed by atoms with Crippen molar-refractivity contribution in [2.45, 2.75) is 42.6 Å². The van der Waals surface area contributed by atoms with E-state index in [1.165, 1.54) is 64.5 Å². The Balaban J connectivity index is 1.32. The third kappa shape index (κ3) is 12.0. The van der Waals surface area contributed by atoms with E-state index in [9.17, 15) is 31.0 Å². The zero-order chi connectivity index (χ0) is 51.9. The van der Waals surface area contributed by atoms with Crippen LogP contribution < -0.4 is 39.4 Å². The highest BCUT2D eigenvalue weighted by atomic mass is 32.2. The van der Waals surface area contributed by atoms with Gasteiger partial charge in [0.05, 0.1) is 78.2 Å². The van der Waals surface area contributed by atoms with Gasteiger partial charge in [0, 0.05) is 56.2 Å². The maximum absolute atomic E-state index is 12.1. The summed E-state index contributed by atoms with van der Waals surface area (Å²) in [6.45, 7) is 10.4. The molecule has 5 N–H and O–H groups in total. The lowest BCUT2D eigenvalue weighted by Crippen LogP contribution is -2.22. The van der Waals surface area contributed by atoms with Crippen LogP contribution in [-0.4, -0.2) is 123 Å². The number of anilines is 6. The quantitative estimate of drug-likeness (QED) is 0.0226. The summed E-state index contributed by atoms with van der Waals surface area (Å²) in [7, 11) is -3.60. The van der Waals surface area contributed by atoms with Crippen molar-refractivity contribution in [3.8, 4) is 23.0 Å². The summed E-state index contributed by atoms with van der Waals surface area (Å²) < 4.78 is 91.1. The van der Waals surface area contributed by atoms with Crippen LogP contribution in [0.4, 0.5) is 56.3 Å². The second kappa shape index (κ2) is 22.9. The van der Waals surface area contributed by atoms with Gasteiger partial charge in [-0.15, -0.1) is 20.5 Å². The van der Waals surface area contributed by atoms with Gasteiger partial charge in [0.1, 0.15) is 44.2 Å². The topological polar surface area (TPSA) is 310 Å². The van der Waals surface area contributed by atoms with Gasteiger partial charge < -0.3 is 44.5 Å². The Morgan fingerprint density at radius 1 is 0.569 bits per heavy atom. The summed E-state index contributed by atoms with van der Waals surface area (Å²) in [5, 5.41) is 34.9. The molecule has 0 aliphatic carbocycles. The summed E-state index contributed by atoms with van der Waals surface area (Å²) in [5.74, 6) is 1.24. The molecule has 0 spiro atoms. The first kappa shape index (κ1) is 53.2. The SMILES string of the molecule is CCN(CC)c1cc(Nc2nc(Nc3cc(N(CC)CC)c(OC)cc3N=Nc3nc4cc(S(=O)(=O)O)c(OC)cc4s3)nc(SCCO)n2)c(N=Nc2nc3cc(S(=O)(=O)O)c(OC)cc3s2)cc1OC. The van der Waals surface area contributed by atoms with Crippen LogP contribution >= 0.6 is 34.4 Å². The lowest BCUT2D eigenvalue weighted by atomic mass is 10.2. The molecule has 0 fully saturated rings. The molecule has 4 aromatic carbocycles. The maximum Gasteiger partial charge on any atom is 0.298 e. The van der Waals surface area contributed by atoms with Gasteiger partial charge >= 0.3 is 0 Å². The Bertz CT molecular complexity index is 3190. The van der Waals surface area contributed by atoms with Crippen LogP contribution in [0.3, 0.4) is 0 Å². The fourth-order valence-electron chi connectivity index (χ4n) is 7.19. The van der Waals surface area contributed by atoms with Crippen molar-refractivity contribution in [2.75, 3.05) is 87.4 Å². The third-order valence-electron chi connectivity index (χ3n) is 10.6. The molecule has 0 aliphatic rings. The summed E-state index contributed by atoms with van der Waals surface area (Å²) in [6.07, 6.45) is 0. The first-order valence-corrected chi connectivity index (χ1v) is 27.2. The van der Waals surface area contributed by atoms with E-state index in [1.54, 1.807) is 12.1 Å². The van der Waals surface area contributed by atoms with Gasteiger partial charge in [-0.25, -0.2) is 9.97 Å². The van der Waals surface area contributed by atoms with Crippen LogP contribution in [-0.2, 0) is 20.2 Å². The average Bonchev–Trinajstić information content (AvgIpc) is 3.97. The van der Waals surface area contributed by atoms with E-state index in [1.807, 2.05) is 39.8 Å². The second-order valence-corrected chi connectivity index (χ2v) is 20.7. The Hall–Kier alpha value is -6.60. The third-order valence-corrected chi connectivity index (χ3v) is 15.0. The highest BCUT2D eigenvalue weighted by Gasteiger charge is 2.23. The van der Waals surface area contributed by atoms with Crippen LogP contribution in [0.1, 0.15) is 27.7 Å². The predicted octanol–water partition coefficient (Wildman–Crippen LogP) is 9.71. The highest BCUT2D eigenvalue weighted by Crippen LogP contribution is 2.44. The number of hydrogen-bond donors (Lipinski definition) is 5.